The van der Waals surface area contributed by atoms with Crippen LogP contribution in [-0.2, 0) is 7.05 Å². The van der Waals surface area contributed by atoms with E-state index in [9.17, 15) is 9.90 Å². The minimum absolute atomic E-state index is 0.0797. The highest BCUT2D eigenvalue weighted by molar-refractivity contribution is 6.09. The second-order valence-corrected chi connectivity index (χ2v) is 9.35. The van der Waals surface area contributed by atoms with Gasteiger partial charge in [-0.15, -0.1) is 0 Å². The van der Waals surface area contributed by atoms with E-state index in [0.717, 1.165) is 18.4 Å². The molecule has 1 aliphatic heterocycles. The molecule has 0 atom stereocenters. The number of rotatable bonds is 8. The van der Waals surface area contributed by atoms with Crippen molar-refractivity contribution in [2.24, 2.45) is 13.0 Å². The third-order valence-electron chi connectivity index (χ3n) is 6.55. The first kappa shape index (κ1) is 22.4. The number of pyridine rings is 2. The van der Waals surface area contributed by atoms with Crippen molar-refractivity contribution in [3.8, 4) is 11.3 Å². The van der Waals surface area contributed by atoms with E-state index in [2.05, 4.69) is 30.7 Å². The molecule has 4 aromatic rings. The first-order chi connectivity index (χ1) is 17.4. The molecule has 6 rings (SSSR count). The van der Waals surface area contributed by atoms with Crippen LogP contribution >= 0.6 is 0 Å². The van der Waals surface area contributed by atoms with Crippen molar-refractivity contribution in [1.29, 1.82) is 0 Å². The Morgan fingerprint density at radius 1 is 1.25 bits per heavy atom. The van der Waals surface area contributed by atoms with E-state index in [1.807, 2.05) is 30.3 Å². The highest BCUT2D eigenvalue weighted by Crippen LogP contribution is 2.46. The lowest BCUT2D eigenvalue weighted by atomic mass is 9.88. The molecule has 2 fully saturated rings. The zero-order valence-electron chi connectivity index (χ0n) is 19.7. The van der Waals surface area contributed by atoms with E-state index < -0.39 is 11.5 Å². The number of nitrogens with one attached hydrogen (secondary N) is 2. The number of carbonyl (C=O) groups is 1. The van der Waals surface area contributed by atoms with Gasteiger partial charge in [0.1, 0.15) is 17.2 Å². The van der Waals surface area contributed by atoms with Crippen LogP contribution in [0.15, 0.2) is 41.1 Å². The molecule has 0 aromatic carbocycles. The lowest BCUT2D eigenvalue weighted by Gasteiger charge is -2.48. The summed E-state index contributed by atoms with van der Waals surface area (Å²) in [6, 6.07) is 7.18. The molecule has 36 heavy (non-hydrogen) atoms. The summed E-state index contributed by atoms with van der Waals surface area (Å²) in [7, 11) is 1.83. The number of aliphatic hydroxyl groups excluding tert-OH is 1. The average molecular weight is 491 g/mol. The smallest absolute Gasteiger partial charge is 0.297 e. The second-order valence-electron chi connectivity index (χ2n) is 9.35. The van der Waals surface area contributed by atoms with E-state index in [0.29, 0.717) is 53.1 Å². The Morgan fingerprint density at radius 2 is 2.08 bits per heavy atom. The van der Waals surface area contributed by atoms with Gasteiger partial charge in [-0.1, -0.05) is 6.07 Å². The van der Waals surface area contributed by atoms with E-state index in [4.69, 9.17) is 9.52 Å². The maximum Gasteiger partial charge on any atom is 0.297 e. The van der Waals surface area contributed by atoms with Crippen molar-refractivity contribution >= 4 is 34.8 Å². The molecule has 1 saturated carbocycles. The summed E-state index contributed by atoms with van der Waals surface area (Å²) in [5.74, 6) is 0.706. The lowest BCUT2D eigenvalue weighted by Crippen LogP contribution is -2.64. The van der Waals surface area contributed by atoms with Gasteiger partial charge in [0.05, 0.1) is 37.2 Å². The van der Waals surface area contributed by atoms with Gasteiger partial charge in [-0.2, -0.15) is 10.1 Å². The molecule has 0 radical (unpaired) electrons. The Balaban J connectivity index is 1.31. The molecular weight excluding hydrogens is 464 g/mol. The van der Waals surface area contributed by atoms with Gasteiger partial charge >= 0.3 is 0 Å². The Kier molecular flexibility index (Phi) is 5.34. The summed E-state index contributed by atoms with van der Waals surface area (Å²) >= 11 is 0. The quantitative estimate of drug-likeness (QED) is 0.286. The number of amides is 1. The van der Waals surface area contributed by atoms with Gasteiger partial charge in [-0.05, 0) is 30.9 Å². The number of β-amino-alcohol motifs (C(OH)–C–C–N with tert-alkyl or cyclic N) is 1. The number of carbonyl (C=O) groups excluding carboxylic acids is 1. The number of hydrogen-bond acceptors (Lipinski definition) is 10. The third kappa shape index (κ3) is 4.14. The number of nitrogens with zero attached hydrogens (tertiary/aromatic N) is 6. The van der Waals surface area contributed by atoms with Crippen LogP contribution in [-0.4, -0.2) is 72.7 Å². The van der Waals surface area contributed by atoms with Gasteiger partial charge in [-0.3, -0.25) is 9.48 Å². The molecule has 0 bridgehead atoms. The number of aliphatic hydroxyl groups is 2. The number of fused-ring (bicyclic) bond motifs is 1. The average Bonchev–Trinajstić information content (AvgIpc) is 3.50. The first-order valence-electron chi connectivity index (χ1n) is 11.8. The topological polar surface area (TPSA) is 154 Å². The van der Waals surface area contributed by atoms with E-state index >= 15 is 0 Å². The molecular formula is C24H26N8O4. The van der Waals surface area contributed by atoms with Crippen LogP contribution in [0.4, 0.5) is 17.7 Å². The number of aromatic nitrogens is 5. The monoisotopic (exact) mass is 490 g/mol. The number of aryl methyl sites for hydroxylation is 1. The van der Waals surface area contributed by atoms with E-state index in [-0.39, 0.29) is 19.2 Å². The molecule has 2 aliphatic rings. The van der Waals surface area contributed by atoms with Crippen LogP contribution in [0, 0.1) is 5.92 Å². The summed E-state index contributed by atoms with van der Waals surface area (Å²) in [5, 5.41) is 29.8. The Hall–Kier alpha value is -4.03. The van der Waals surface area contributed by atoms with Crippen molar-refractivity contribution in [2.45, 2.75) is 18.4 Å². The fourth-order valence-electron chi connectivity index (χ4n) is 4.55. The van der Waals surface area contributed by atoms with Gasteiger partial charge in [0.25, 0.3) is 11.9 Å². The molecule has 0 unspecified atom stereocenters. The maximum absolute atomic E-state index is 13.5. The lowest BCUT2D eigenvalue weighted by molar-refractivity contribution is -0.00980. The minimum Gasteiger partial charge on any atom is -0.422 e. The van der Waals surface area contributed by atoms with Gasteiger partial charge in [0, 0.05) is 31.4 Å². The SMILES string of the molecule is Cn1cc(-c2cccc(NC(=O)c3cc4oc(NCCO)nc4nc3N3CC(O)(C4CC4)C3)n2)cn1. The summed E-state index contributed by atoms with van der Waals surface area (Å²) in [6.45, 7) is 0.994. The van der Waals surface area contributed by atoms with Crippen molar-refractivity contribution in [3.05, 3.63) is 42.2 Å². The van der Waals surface area contributed by atoms with E-state index in [1.54, 1.807) is 23.0 Å². The first-order valence-corrected chi connectivity index (χ1v) is 11.8. The van der Waals surface area contributed by atoms with Gasteiger partial charge < -0.3 is 30.2 Å². The van der Waals surface area contributed by atoms with Crippen LogP contribution in [0.25, 0.3) is 22.5 Å². The molecule has 0 spiro atoms. The van der Waals surface area contributed by atoms with Crippen molar-refractivity contribution in [1.82, 2.24) is 24.7 Å². The summed E-state index contributed by atoms with van der Waals surface area (Å²) < 4.78 is 7.38. The highest BCUT2D eigenvalue weighted by Gasteiger charge is 2.52. The molecule has 1 saturated heterocycles. The zero-order valence-corrected chi connectivity index (χ0v) is 19.7. The summed E-state index contributed by atoms with van der Waals surface area (Å²) in [4.78, 5) is 28.8. The van der Waals surface area contributed by atoms with Gasteiger partial charge in [0.2, 0.25) is 5.65 Å². The van der Waals surface area contributed by atoms with Gasteiger partial charge in [-0.25, -0.2) is 9.97 Å². The largest absolute Gasteiger partial charge is 0.422 e. The van der Waals surface area contributed by atoms with Gasteiger partial charge in [0.15, 0.2) is 5.58 Å². The fraction of sp³-hybridized carbons (Fsp3) is 0.375. The summed E-state index contributed by atoms with van der Waals surface area (Å²) in [6.07, 6.45) is 5.60. The van der Waals surface area contributed by atoms with Crippen LogP contribution in [0.2, 0.25) is 0 Å². The molecule has 5 heterocycles. The number of oxazole rings is 1. The van der Waals surface area contributed by atoms with Crippen LogP contribution in [0.1, 0.15) is 23.2 Å². The standard InChI is InChI=1S/C24H26N8O4/c1-31-11-14(10-26-31)17-3-2-4-19(27-17)28-22(34)16-9-18-20(30-23(36-18)25-7-8-33)29-21(16)32-12-24(35,13-32)15-5-6-15/h2-4,9-11,15,33,35H,5-8,12-13H2,1H3,(H,25,29,30)(H,27,28,34). The predicted octanol–water partition coefficient (Wildman–Crippen LogP) is 1.64. The molecule has 12 nitrogen and oxygen atoms in total. The maximum atomic E-state index is 13.5. The molecule has 4 N–H and O–H groups in total. The van der Waals surface area contributed by atoms with Crippen LogP contribution < -0.4 is 15.5 Å². The Labute approximate surface area is 206 Å². The second kappa shape index (κ2) is 8.57. The minimum atomic E-state index is -0.748. The normalized spacial score (nSPS) is 16.7. The predicted molar refractivity (Wildman–Crippen MR) is 132 cm³/mol. The highest BCUT2D eigenvalue weighted by atomic mass is 16.4. The number of anilines is 3. The van der Waals surface area contributed by atoms with Crippen molar-refractivity contribution < 1.29 is 19.4 Å². The summed E-state index contributed by atoms with van der Waals surface area (Å²) in [5.41, 5.74) is 1.73. The van der Waals surface area contributed by atoms with Crippen LogP contribution in [0.3, 0.4) is 0 Å². The third-order valence-corrected chi connectivity index (χ3v) is 6.55. The Morgan fingerprint density at radius 3 is 2.81 bits per heavy atom. The Bertz CT molecular complexity index is 1440. The molecule has 1 amide bonds. The molecule has 1 aliphatic carbocycles. The van der Waals surface area contributed by atoms with Crippen molar-refractivity contribution in [3.63, 3.8) is 0 Å². The fourth-order valence-corrected chi connectivity index (χ4v) is 4.55. The molecule has 12 heteroatoms. The zero-order chi connectivity index (χ0) is 24.9. The molecule has 186 valence electrons. The van der Waals surface area contributed by atoms with Crippen LogP contribution in [0.5, 0.6) is 0 Å². The number of hydrogen-bond donors (Lipinski definition) is 4. The van der Waals surface area contributed by atoms with Crippen molar-refractivity contribution in [2.75, 3.05) is 41.8 Å². The van der Waals surface area contributed by atoms with E-state index in [1.165, 1.54) is 0 Å². The molecule has 4 aromatic heterocycles.